The quantitative estimate of drug-likeness (QED) is 0.698. The van der Waals surface area contributed by atoms with Gasteiger partial charge in [-0.2, -0.15) is 5.26 Å². The van der Waals surface area contributed by atoms with Crippen molar-refractivity contribution in [2.75, 3.05) is 18.0 Å². The van der Waals surface area contributed by atoms with Gasteiger partial charge in [-0.3, -0.25) is 0 Å². The molecule has 0 saturated heterocycles. The fraction of sp³-hybridized carbons (Fsp3) is 0.588. The van der Waals surface area contributed by atoms with E-state index in [2.05, 4.69) is 38.7 Å². The van der Waals surface area contributed by atoms with Gasteiger partial charge in [0.25, 0.3) is 0 Å². The molecule has 0 aromatic heterocycles. The zero-order chi connectivity index (χ0) is 15.1. The second kappa shape index (κ2) is 8.17. The minimum Gasteiger partial charge on any atom is -0.371 e. The standard InChI is InChI=1S/C17H25ClN2/c1-13(2)7-9-20(10-8-14(3)4)16-6-5-15(12-19)17(18)11-16/h5-6,11,13-14H,7-10H2,1-4H3. The third kappa shape index (κ3) is 5.43. The first-order valence-electron chi connectivity index (χ1n) is 7.38. The molecule has 0 unspecified atom stereocenters. The Morgan fingerprint density at radius 2 is 1.65 bits per heavy atom. The summed E-state index contributed by atoms with van der Waals surface area (Å²) in [6.07, 6.45) is 2.32. The fourth-order valence-electron chi connectivity index (χ4n) is 1.99. The van der Waals surface area contributed by atoms with Gasteiger partial charge in [-0.15, -0.1) is 0 Å². The van der Waals surface area contributed by atoms with Crippen molar-refractivity contribution in [1.29, 1.82) is 5.26 Å². The lowest BCUT2D eigenvalue weighted by Crippen LogP contribution is -2.27. The molecule has 1 aromatic rings. The number of nitrogens with zero attached hydrogens (tertiary/aromatic N) is 2. The lowest BCUT2D eigenvalue weighted by molar-refractivity contribution is 0.535. The zero-order valence-electron chi connectivity index (χ0n) is 13.0. The molecule has 0 radical (unpaired) electrons. The number of rotatable bonds is 7. The van der Waals surface area contributed by atoms with E-state index in [0.29, 0.717) is 22.4 Å². The van der Waals surface area contributed by atoms with Crippen LogP contribution in [-0.2, 0) is 0 Å². The molecule has 0 bridgehead atoms. The van der Waals surface area contributed by atoms with Crippen LogP contribution in [0.5, 0.6) is 0 Å². The van der Waals surface area contributed by atoms with E-state index >= 15 is 0 Å². The van der Waals surface area contributed by atoms with Crippen molar-refractivity contribution in [2.45, 2.75) is 40.5 Å². The lowest BCUT2D eigenvalue weighted by Gasteiger charge is -2.27. The minimum atomic E-state index is 0.545. The van der Waals surface area contributed by atoms with Crippen molar-refractivity contribution in [3.05, 3.63) is 28.8 Å². The molecule has 0 N–H and O–H groups in total. The summed E-state index contributed by atoms with van der Waals surface area (Å²) < 4.78 is 0. The monoisotopic (exact) mass is 292 g/mol. The van der Waals surface area contributed by atoms with Crippen molar-refractivity contribution in [2.24, 2.45) is 11.8 Å². The summed E-state index contributed by atoms with van der Waals surface area (Å²) in [5.74, 6) is 1.37. The number of hydrogen-bond donors (Lipinski definition) is 0. The van der Waals surface area contributed by atoms with Gasteiger partial charge in [0.15, 0.2) is 0 Å². The molecule has 0 fully saturated rings. The van der Waals surface area contributed by atoms with E-state index < -0.39 is 0 Å². The molecule has 0 amide bonds. The van der Waals surface area contributed by atoms with Gasteiger partial charge in [-0.25, -0.2) is 0 Å². The molecule has 0 spiro atoms. The van der Waals surface area contributed by atoms with Gasteiger partial charge in [0.05, 0.1) is 10.6 Å². The Morgan fingerprint density at radius 1 is 1.10 bits per heavy atom. The highest BCUT2D eigenvalue weighted by Crippen LogP contribution is 2.24. The van der Waals surface area contributed by atoms with Crippen molar-refractivity contribution >= 4 is 17.3 Å². The van der Waals surface area contributed by atoms with Crippen molar-refractivity contribution in [3.8, 4) is 6.07 Å². The van der Waals surface area contributed by atoms with Crippen LogP contribution >= 0.6 is 11.6 Å². The van der Waals surface area contributed by atoms with Crippen LogP contribution in [0.1, 0.15) is 46.1 Å². The first-order valence-corrected chi connectivity index (χ1v) is 7.76. The maximum atomic E-state index is 8.95. The van der Waals surface area contributed by atoms with E-state index in [1.165, 1.54) is 0 Å². The van der Waals surface area contributed by atoms with Gasteiger partial charge < -0.3 is 4.90 Å². The van der Waals surface area contributed by atoms with Crippen LogP contribution in [0.3, 0.4) is 0 Å². The van der Waals surface area contributed by atoms with Crippen molar-refractivity contribution in [1.82, 2.24) is 0 Å². The van der Waals surface area contributed by atoms with Gasteiger partial charge in [0.1, 0.15) is 6.07 Å². The maximum absolute atomic E-state index is 8.95. The third-order valence-electron chi connectivity index (χ3n) is 3.39. The highest BCUT2D eigenvalue weighted by Gasteiger charge is 2.10. The summed E-state index contributed by atoms with van der Waals surface area (Å²) in [6.45, 7) is 11.0. The average Bonchev–Trinajstić information content (AvgIpc) is 2.38. The fourth-order valence-corrected chi connectivity index (χ4v) is 2.21. The topological polar surface area (TPSA) is 27.0 Å². The Kier molecular flexibility index (Phi) is 6.88. The average molecular weight is 293 g/mol. The van der Waals surface area contributed by atoms with E-state index in [1.54, 1.807) is 0 Å². The summed E-state index contributed by atoms with van der Waals surface area (Å²) in [5, 5.41) is 9.50. The molecule has 20 heavy (non-hydrogen) atoms. The van der Waals surface area contributed by atoms with Gasteiger partial charge in [0.2, 0.25) is 0 Å². The molecular weight excluding hydrogens is 268 g/mol. The van der Waals surface area contributed by atoms with Gasteiger partial charge in [0, 0.05) is 18.8 Å². The molecule has 0 aliphatic rings. The first-order chi connectivity index (χ1) is 9.43. The van der Waals surface area contributed by atoms with E-state index in [1.807, 2.05) is 18.2 Å². The third-order valence-corrected chi connectivity index (χ3v) is 3.70. The summed E-state index contributed by atoms with van der Waals surface area (Å²) in [5.41, 5.74) is 1.67. The van der Waals surface area contributed by atoms with E-state index in [0.717, 1.165) is 31.6 Å². The molecule has 0 aliphatic heterocycles. The molecule has 0 heterocycles. The highest BCUT2D eigenvalue weighted by molar-refractivity contribution is 6.32. The number of halogens is 1. The van der Waals surface area contributed by atoms with Crippen LogP contribution in [0.15, 0.2) is 18.2 Å². The number of anilines is 1. The predicted molar refractivity (Wildman–Crippen MR) is 87.3 cm³/mol. The maximum Gasteiger partial charge on any atom is 0.101 e. The van der Waals surface area contributed by atoms with Crippen molar-refractivity contribution < 1.29 is 0 Å². The molecule has 0 atom stereocenters. The van der Waals surface area contributed by atoms with Crippen LogP contribution in [0, 0.1) is 23.2 Å². The molecule has 110 valence electrons. The van der Waals surface area contributed by atoms with Crippen LogP contribution in [-0.4, -0.2) is 13.1 Å². The van der Waals surface area contributed by atoms with E-state index in [-0.39, 0.29) is 0 Å². The second-order valence-corrected chi connectivity index (χ2v) is 6.54. The van der Waals surface area contributed by atoms with E-state index in [9.17, 15) is 0 Å². The molecule has 1 rings (SSSR count). The molecule has 0 saturated carbocycles. The number of hydrogen-bond acceptors (Lipinski definition) is 2. The Labute approximate surface area is 128 Å². The molecule has 1 aromatic carbocycles. The number of benzene rings is 1. The Morgan fingerprint density at radius 3 is 2.05 bits per heavy atom. The highest BCUT2D eigenvalue weighted by atomic mass is 35.5. The van der Waals surface area contributed by atoms with Crippen LogP contribution in [0.2, 0.25) is 5.02 Å². The molecule has 3 heteroatoms. The van der Waals surface area contributed by atoms with Crippen molar-refractivity contribution in [3.63, 3.8) is 0 Å². The molecular formula is C17H25ClN2. The largest absolute Gasteiger partial charge is 0.371 e. The normalized spacial score (nSPS) is 10.9. The summed E-state index contributed by atoms with van der Waals surface area (Å²) >= 11 is 6.15. The summed E-state index contributed by atoms with van der Waals surface area (Å²) in [4.78, 5) is 2.38. The lowest BCUT2D eigenvalue weighted by atomic mass is 10.1. The Bertz CT molecular complexity index is 449. The van der Waals surface area contributed by atoms with Crippen LogP contribution in [0.4, 0.5) is 5.69 Å². The predicted octanol–water partition coefficient (Wildman–Crippen LogP) is 5.11. The van der Waals surface area contributed by atoms with Gasteiger partial charge in [-0.1, -0.05) is 39.3 Å². The summed E-state index contributed by atoms with van der Waals surface area (Å²) in [6, 6.07) is 7.85. The van der Waals surface area contributed by atoms with E-state index in [4.69, 9.17) is 16.9 Å². The van der Waals surface area contributed by atoms with Gasteiger partial charge >= 0.3 is 0 Å². The minimum absolute atomic E-state index is 0.545. The Hall–Kier alpha value is -1.20. The SMILES string of the molecule is CC(C)CCN(CCC(C)C)c1ccc(C#N)c(Cl)c1. The molecule has 0 aliphatic carbocycles. The first kappa shape index (κ1) is 16.9. The van der Waals surface area contributed by atoms with Gasteiger partial charge in [-0.05, 0) is 42.9 Å². The number of nitriles is 1. The smallest absolute Gasteiger partial charge is 0.101 e. The zero-order valence-corrected chi connectivity index (χ0v) is 13.7. The van der Waals surface area contributed by atoms with Crippen LogP contribution < -0.4 is 4.90 Å². The summed E-state index contributed by atoms with van der Waals surface area (Å²) in [7, 11) is 0. The second-order valence-electron chi connectivity index (χ2n) is 6.13. The van der Waals surface area contributed by atoms with Crippen LogP contribution in [0.25, 0.3) is 0 Å². The Balaban J connectivity index is 2.85. The molecule has 2 nitrogen and oxygen atoms in total.